The van der Waals surface area contributed by atoms with Gasteiger partial charge >= 0.3 is 19.6 Å². The lowest BCUT2D eigenvalue weighted by Gasteiger charge is -2.29. The maximum Gasteiger partial charge on any atom is 0.342 e. The number of esters is 2. The van der Waals surface area contributed by atoms with Crippen molar-refractivity contribution in [2.75, 3.05) is 25.6 Å². The molecule has 16 nitrogen and oxygen atoms in total. The van der Waals surface area contributed by atoms with Crippen LogP contribution in [0.25, 0.3) is 5.52 Å². The Bertz CT molecular complexity index is 1340. The van der Waals surface area contributed by atoms with Gasteiger partial charge in [0, 0.05) is 0 Å². The first-order valence-corrected chi connectivity index (χ1v) is 14.8. The highest BCUT2D eigenvalue weighted by molar-refractivity contribution is 7.54. The van der Waals surface area contributed by atoms with Crippen molar-refractivity contribution in [3.8, 4) is 6.07 Å². The molecule has 0 unspecified atom stereocenters. The third-order valence-corrected chi connectivity index (χ3v) is 8.24. The number of halogens is 1. The van der Waals surface area contributed by atoms with Crippen molar-refractivity contribution in [3.05, 3.63) is 24.2 Å². The van der Waals surface area contributed by atoms with Crippen LogP contribution in [-0.4, -0.2) is 86.7 Å². The van der Waals surface area contributed by atoms with Crippen LogP contribution in [0.1, 0.15) is 46.2 Å². The molecule has 2 aromatic heterocycles. The van der Waals surface area contributed by atoms with Crippen molar-refractivity contribution >= 4 is 30.9 Å². The second-order valence-electron chi connectivity index (χ2n) is 9.65. The fourth-order valence-corrected chi connectivity index (χ4v) is 5.92. The summed E-state index contributed by atoms with van der Waals surface area (Å²) in [6.45, 7) is 4.97. The maximum atomic E-state index is 16.2. The number of carbonyl (C=O) groups excluding carboxylic acids is 2. The number of alkyl halides is 1. The quantitative estimate of drug-likeness (QED) is 0.143. The summed E-state index contributed by atoms with van der Waals surface area (Å²) in [6.07, 6.45) is -2.48. The number of nitriles is 1. The normalized spacial score (nSPS) is 25.6. The molecule has 3 rings (SSSR count). The highest BCUT2D eigenvalue weighted by Gasteiger charge is 2.66. The molecule has 1 aliphatic heterocycles. The fourth-order valence-electron chi connectivity index (χ4n) is 4.11. The molecule has 0 aliphatic carbocycles. The molecule has 0 spiro atoms. The molecular formula is C24H35FN7O9P. The second kappa shape index (κ2) is 13.4. The van der Waals surface area contributed by atoms with E-state index in [0.717, 1.165) is 10.8 Å². The number of ether oxygens (including phenoxy) is 3. The van der Waals surface area contributed by atoms with Crippen molar-refractivity contribution < 1.29 is 47.5 Å². The summed E-state index contributed by atoms with van der Waals surface area (Å²) in [5.41, 5.74) is 3.34. The van der Waals surface area contributed by atoms with Gasteiger partial charge in [0.15, 0.2) is 5.82 Å². The fraction of sp³-hybridized carbons (Fsp3) is 0.625. The lowest BCUT2D eigenvalue weighted by Crippen LogP contribution is -2.46. The van der Waals surface area contributed by atoms with Crippen molar-refractivity contribution in [2.24, 2.45) is 0 Å². The number of carbonyl (C=O) groups is 2. The van der Waals surface area contributed by atoms with E-state index in [1.807, 2.05) is 0 Å². The zero-order valence-corrected chi connectivity index (χ0v) is 24.4. The molecule has 1 aliphatic rings. The summed E-state index contributed by atoms with van der Waals surface area (Å²) in [6, 6.07) is 1.85. The van der Waals surface area contributed by atoms with Crippen molar-refractivity contribution in [1.82, 2.24) is 24.8 Å². The van der Waals surface area contributed by atoms with Crippen LogP contribution in [0.2, 0.25) is 0 Å². The predicted molar refractivity (Wildman–Crippen MR) is 143 cm³/mol. The summed E-state index contributed by atoms with van der Waals surface area (Å²) < 4.78 is 51.9. The minimum atomic E-state index is -4.54. The van der Waals surface area contributed by atoms with Crippen molar-refractivity contribution in [1.29, 1.82) is 5.26 Å². The molecule has 2 aromatic rings. The number of nitrogen functional groups attached to an aromatic ring is 1. The molecule has 42 heavy (non-hydrogen) atoms. The molecule has 0 aromatic carbocycles. The Morgan fingerprint density at radius 2 is 1.76 bits per heavy atom. The van der Waals surface area contributed by atoms with Crippen LogP contribution in [0.3, 0.4) is 0 Å². The van der Waals surface area contributed by atoms with Crippen LogP contribution in [-0.2, 0) is 38.5 Å². The van der Waals surface area contributed by atoms with Gasteiger partial charge < -0.3 is 30.2 Å². The summed E-state index contributed by atoms with van der Waals surface area (Å²) in [5.74, 6) is -4.93. The molecule has 0 amide bonds. The lowest BCUT2D eigenvalue weighted by molar-refractivity contribution is -0.208. The molecule has 0 radical (unpaired) electrons. The number of aromatic nitrogens is 3. The Hall–Kier alpha value is -3.23. The van der Waals surface area contributed by atoms with Crippen LogP contribution in [0, 0.1) is 11.3 Å². The number of hydrogen-bond donors (Lipinski definition) is 5. The third kappa shape index (κ3) is 6.70. The number of nitrogens with one attached hydrogen (secondary N) is 2. The van der Waals surface area contributed by atoms with E-state index in [2.05, 4.69) is 20.3 Å². The molecule has 0 saturated carbocycles. The van der Waals surface area contributed by atoms with Crippen LogP contribution in [0.15, 0.2) is 18.5 Å². The number of fused-ring (bicyclic) bond motifs is 1. The van der Waals surface area contributed by atoms with Gasteiger partial charge in [0.25, 0.3) is 5.85 Å². The first-order valence-electron chi connectivity index (χ1n) is 13.2. The summed E-state index contributed by atoms with van der Waals surface area (Å²) in [7, 11) is -4.54. The first-order chi connectivity index (χ1) is 19.8. The van der Waals surface area contributed by atoms with Crippen molar-refractivity contribution in [3.63, 3.8) is 0 Å². The van der Waals surface area contributed by atoms with Gasteiger partial charge in [-0.3, -0.25) is 18.7 Å². The minimum absolute atomic E-state index is 0.0171. The van der Waals surface area contributed by atoms with Crippen LogP contribution in [0.5, 0.6) is 0 Å². The van der Waals surface area contributed by atoms with Crippen LogP contribution >= 0.6 is 7.67 Å². The first kappa shape index (κ1) is 33.3. The zero-order valence-electron chi connectivity index (χ0n) is 23.5. The molecule has 232 valence electrons. The van der Waals surface area contributed by atoms with E-state index in [-0.39, 0.29) is 30.2 Å². The van der Waals surface area contributed by atoms with E-state index in [0.29, 0.717) is 12.8 Å². The average Bonchev–Trinajstić information content (AvgIpc) is 3.48. The van der Waals surface area contributed by atoms with Gasteiger partial charge in [-0.25, -0.2) is 24.1 Å². The largest absolute Gasteiger partial charge is 0.465 e. The molecule has 1 saturated heterocycles. The van der Waals surface area contributed by atoms with Crippen LogP contribution in [0.4, 0.5) is 10.2 Å². The molecule has 6 N–H and O–H groups in total. The lowest BCUT2D eigenvalue weighted by atomic mass is 9.92. The molecule has 6 atom stereocenters. The summed E-state index contributed by atoms with van der Waals surface area (Å²) in [5, 5.41) is 40.4. The van der Waals surface area contributed by atoms with E-state index < -0.39 is 62.0 Å². The number of aliphatic hydroxyl groups excluding tert-OH is 2. The third-order valence-electron chi connectivity index (χ3n) is 6.29. The van der Waals surface area contributed by atoms with Crippen molar-refractivity contribution in [2.45, 2.75) is 76.3 Å². The maximum absolute atomic E-state index is 16.2. The number of anilines is 1. The predicted octanol–water partition coefficient (Wildman–Crippen LogP) is 0.435. The van der Waals surface area contributed by atoms with Gasteiger partial charge in [-0.2, -0.15) is 10.4 Å². The van der Waals surface area contributed by atoms with Gasteiger partial charge in [-0.05, 0) is 38.8 Å². The molecule has 3 heterocycles. The Morgan fingerprint density at radius 1 is 1.19 bits per heavy atom. The standard InChI is InChI=1S/C24H35FN7O9P/c1-5-9-38-21(35)14(3)30-42(37,31-15(4)22(36)39-10-6-2)40-12-24(25)19(34)18(33)23(11-26,41-24)17-8-7-16-20(27)28-13-29-32(16)17/h7-8,13-15,18-19,33-34H,5-6,9-10,12H2,1-4H3,(H2,27,28,29)(H2,30,31,37)/t14-,15-,18+,19-,23-,24+/m0/s1. The molecule has 18 heteroatoms. The Kier molecular flexibility index (Phi) is 10.6. The molecule has 1 fully saturated rings. The number of nitrogens with two attached hydrogens (primary N) is 1. The van der Waals surface area contributed by atoms with Gasteiger partial charge in [0.1, 0.15) is 48.8 Å². The highest BCUT2D eigenvalue weighted by atomic mass is 31.2. The monoisotopic (exact) mass is 615 g/mol. The molecular weight excluding hydrogens is 580 g/mol. The number of aliphatic hydroxyl groups is 2. The van der Waals surface area contributed by atoms with E-state index in [1.165, 1.54) is 26.0 Å². The van der Waals surface area contributed by atoms with Gasteiger partial charge in [0.05, 0.1) is 18.9 Å². The van der Waals surface area contributed by atoms with Gasteiger partial charge in [-0.15, -0.1) is 0 Å². The average molecular weight is 616 g/mol. The van der Waals surface area contributed by atoms with E-state index in [9.17, 15) is 29.6 Å². The Labute approximate surface area is 240 Å². The Morgan fingerprint density at radius 3 is 2.29 bits per heavy atom. The second-order valence-corrected chi connectivity index (χ2v) is 11.5. The summed E-state index contributed by atoms with van der Waals surface area (Å²) in [4.78, 5) is 28.5. The number of hydrogen-bond acceptors (Lipinski definition) is 13. The number of rotatable bonds is 14. The van der Waals surface area contributed by atoms with Gasteiger partial charge in [-0.1, -0.05) is 13.8 Å². The SMILES string of the molecule is CCCOC(=O)[C@H](C)NP(=O)(N[C@@H](C)C(=O)OCCC)OC[C@@]1(F)O[C@@](C#N)(c2ccc3c(N)ncnn23)[C@H](O)[C@@H]1O. The summed E-state index contributed by atoms with van der Waals surface area (Å²) >= 11 is 0. The van der Waals surface area contributed by atoms with E-state index in [1.54, 1.807) is 19.9 Å². The number of nitrogens with zero attached hydrogens (tertiary/aromatic N) is 4. The van der Waals surface area contributed by atoms with E-state index >= 15 is 4.39 Å². The van der Waals surface area contributed by atoms with Crippen LogP contribution < -0.4 is 15.9 Å². The highest BCUT2D eigenvalue weighted by Crippen LogP contribution is 2.49. The zero-order chi connectivity index (χ0) is 31.3. The Balaban J connectivity index is 1.89. The van der Waals surface area contributed by atoms with Gasteiger partial charge in [0.2, 0.25) is 5.60 Å². The minimum Gasteiger partial charge on any atom is -0.465 e. The topological polar surface area (TPSA) is 233 Å². The van der Waals surface area contributed by atoms with E-state index in [4.69, 9.17) is 24.5 Å². The smallest absolute Gasteiger partial charge is 0.342 e. The molecule has 0 bridgehead atoms.